The molecule has 0 bridgehead atoms. The van der Waals surface area contributed by atoms with Crippen LogP contribution in [0.4, 0.5) is 11.4 Å². The van der Waals surface area contributed by atoms with Crippen LogP contribution in [0.25, 0.3) is 17.4 Å². The summed E-state index contributed by atoms with van der Waals surface area (Å²) in [5, 5.41) is 21.8. The molecule has 2 aromatic carbocycles. The lowest BCUT2D eigenvalue weighted by atomic mass is 10.1. The third-order valence-electron chi connectivity index (χ3n) is 4.26. The SMILES string of the molecule is O=C1OC(c2ccc([N+](=O)[O-])cc2Cl)=N/C1=C\c1ccc(-c2cccc([N+](=O)[O-])c2)o1. The van der Waals surface area contributed by atoms with E-state index in [9.17, 15) is 25.0 Å². The molecule has 0 saturated carbocycles. The molecule has 1 aromatic heterocycles. The summed E-state index contributed by atoms with van der Waals surface area (Å²) in [7, 11) is 0. The third-order valence-corrected chi connectivity index (χ3v) is 4.57. The summed E-state index contributed by atoms with van der Waals surface area (Å²) >= 11 is 6.05. The standard InChI is InChI=1S/C20H10ClN3O7/c21-16-9-13(24(28)29)4-6-15(16)19-22-17(20(25)31-19)10-14-5-7-18(30-14)11-2-1-3-12(8-11)23(26)27/h1-10H/b17-10-. The van der Waals surface area contributed by atoms with Crippen LogP contribution in [0.15, 0.2) is 69.7 Å². The second kappa shape index (κ2) is 7.84. The first kappa shape index (κ1) is 20.0. The molecule has 154 valence electrons. The van der Waals surface area contributed by atoms with E-state index in [0.29, 0.717) is 11.3 Å². The predicted octanol–water partition coefficient (Wildman–Crippen LogP) is 4.76. The molecule has 1 aliphatic heterocycles. The number of hydrogen-bond acceptors (Lipinski definition) is 8. The summed E-state index contributed by atoms with van der Waals surface area (Å²) in [6.45, 7) is 0. The van der Waals surface area contributed by atoms with Gasteiger partial charge in [-0.05, 0) is 18.2 Å². The van der Waals surface area contributed by atoms with Crippen LogP contribution >= 0.6 is 11.6 Å². The quantitative estimate of drug-likeness (QED) is 0.241. The van der Waals surface area contributed by atoms with E-state index in [1.165, 1.54) is 36.4 Å². The first-order valence-corrected chi connectivity index (χ1v) is 9.01. The van der Waals surface area contributed by atoms with Gasteiger partial charge in [-0.2, -0.15) is 0 Å². The van der Waals surface area contributed by atoms with Crippen molar-refractivity contribution < 1.29 is 23.8 Å². The molecule has 3 aromatic rings. The Hall–Kier alpha value is -4.31. The lowest BCUT2D eigenvalue weighted by Gasteiger charge is -2.02. The number of rotatable bonds is 5. The van der Waals surface area contributed by atoms with Gasteiger partial charge in [-0.15, -0.1) is 0 Å². The maximum atomic E-state index is 12.2. The summed E-state index contributed by atoms with van der Waals surface area (Å²) in [5.41, 5.74) is 0.362. The Morgan fingerprint density at radius 2 is 1.71 bits per heavy atom. The number of halogens is 1. The fraction of sp³-hybridized carbons (Fsp3) is 0. The predicted molar refractivity (Wildman–Crippen MR) is 110 cm³/mol. The smallest absolute Gasteiger partial charge is 0.363 e. The summed E-state index contributed by atoms with van der Waals surface area (Å²) in [5.74, 6) is -0.211. The first-order valence-electron chi connectivity index (χ1n) is 8.63. The van der Waals surface area contributed by atoms with Crippen LogP contribution in [0.5, 0.6) is 0 Å². The largest absolute Gasteiger partial charge is 0.457 e. The molecule has 31 heavy (non-hydrogen) atoms. The Bertz CT molecular complexity index is 1310. The van der Waals surface area contributed by atoms with Gasteiger partial charge in [-0.25, -0.2) is 9.79 Å². The van der Waals surface area contributed by atoms with E-state index in [-0.39, 0.29) is 39.3 Å². The molecule has 0 aliphatic carbocycles. The highest BCUT2D eigenvalue weighted by atomic mass is 35.5. The number of nitro groups is 2. The second-order valence-electron chi connectivity index (χ2n) is 6.27. The Kier molecular flexibility index (Phi) is 5.05. The number of ether oxygens (including phenoxy) is 1. The van der Waals surface area contributed by atoms with Crippen LogP contribution in [0.1, 0.15) is 11.3 Å². The molecular formula is C20H10ClN3O7. The van der Waals surface area contributed by atoms with Gasteiger partial charge in [-0.3, -0.25) is 20.2 Å². The van der Waals surface area contributed by atoms with Crippen molar-refractivity contribution in [2.24, 2.45) is 4.99 Å². The molecule has 0 atom stereocenters. The number of aliphatic imine (C=N–C) groups is 1. The summed E-state index contributed by atoms with van der Waals surface area (Å²) in [4.78, 5) is 36.9. The van der Waals surface area contributed by atoms with Gasteiger partial charge in [-0.1, -0.05) is 23.7 Å². The van der Waals surface area contributed by atoms with Gasteiger partial charge in [0.1, 0.15) is 11.5 Å². The van der Waals surface area contributed by atoms with Gasteiger partial charge in [0.25, 0.3) is 11.4 Å². The number of benzene rings is 2. The number of carbonyl (C=O) groups excluding carboxylic acids is 1. The molecule has 0 fully saturated rings. The van der Waals surface area contributed by atoms with Crippen LogP contribution in [-0.4, -0.2) is 21.7 Å². The van der Waals surface area contributed by atoms with E-state index < -0.39 is 15.8 Å². The van der Waals surface area contributed by atoms with Crippen molar-refractivity contribution in [3.8, 4) is 11.3 Å². The van der Waals surface area contributed by atoms with Crippen molar-refractivity contribution in [2.75, 3.05) is 0 Å². The maximum Gasteiger partial charge on any atom is 0.363 e. The van der Waals surface area contributed by atoms with Crippen molar-refractivity contribution in [3.05, 3.63) is 96.9 Å². The zero-order chi connectivity index (χ0) is 22.1. The lowest BCUT2D eigenvalue weighted by molar-refractivity contribution is -0.385. The fourth-order valence-electron chi connectivity index (χ4n) is 2.81. The maximum absolute atomic E-state index is 12.2. The number of nitro benzene ring substituents is 2. The Morgan fingerprint density at radius 3 is 2.42 bits per heavy atom. The van der Waals surface area contributed by atoms with Gasteiger partial charge < -0.3 is 9.15 Å². The summed E-state index contributed by atoms with van der Waals surface area (Å²) in [6, 6.07) is 12.8. The number of esters is 1. The van der Waals surface area contributed by atoms with E-state index in [4.69, 9.17) is 20.8 Å². The van der Waals surface area contributed by atoms with Gasteiger partial charge in [0.05, 0.1) is 20.4 Å². The molecule has 0 unspecified atom stereocenters. The molecule has 4 rings (SSSR count). The Labute approximate surface area is 178 Å². The van der Waals surface area contributed by atoms with Gasteiger partial charge in [0.2, 0.25) is 5.90 Å². The molecule has 1 aliphatic rings. The van der Waals surface area contributed by atoms with E-state index in [2.05, 4.69) is 4.99 Å². The van der Waals surface area contributed by atoms with Crippen molar-refractivity contribution >= 4 is 40.9 Å². The van der Waals surface area contributed by atoms with Crippen LogP contribution in [0.3, 0.4) is 0 Å². The highest BCUT2D eigenvalue weighted by Gasteiger charge is 2.27. The minimum absolute atomic E-state index is 0.00737. The van der Waals surface area contributed by atoms with Crippen LogP contribution in [0, 0.1) is 20.2 Å². The number of non-ortho nitro benzene ring substituents is 2. The molecule has 11 heteroatoms. The van der Waals surface area contributed by atoms with E-state index in [0.717, 1.165) is 6.07 Å². The van der Waals surface area contributed by atoms with Gasteiger partial charge in [0.15, 0.2) is 5.70 Å². The lowest BCUT2D eigenvalue weighted by Crippen LogP contribution is -2.06. The Morgan fingerprint density at radius 1 is 0.968 bits per heavy atom. The number of furan rings is 1. The third kappa shape index (κ3) is 4.05. The molecule has 0 spiro atoms. The Balaban J connectivity index is 1.62. The zero-order valence-corrected chi connectivity index (χ0v) is 16.1. The minimum atomic E-state index is -0.752. The zero-order valence-electron chi connectivity index (χ0n) is 15.4. The van der Waals surface area contributed by atoms with Gasteiger partial charge >= 0.3 is 5.97 Å². The molecule has 2 heterocycles. The van der Waals surface area contributed by atoms with Crippen molar-refractivity contribution in [3.63, 3.8) is 0 Å². The molecular weight excluding hydrogens is 430 g/mol. The molecule has 0 amide bonds. The number of carbonyl (C=O) groups is 1. The van der Waals surface area contributed by atoms with Crippen molar-refractivity contribution in [2.45, 2.75) is 0 Å². The van der Waals surface area contributed by atoms with Crippen molar-refractivity contribution in [1.29, 1.82) is 0 Å². The average molecular weight is 440 g/mol. The molecule has 10 nitrogen and oxygen atoms in total. The second-order valence-corrected chi connectivity index (χ2v) is 6.67. The number of cyclic esters (lactones) is 1. The van der Waals surface area contributed by atoms with Crippen molar-refractivity contribution in [1.82, 2.24) is 0 Å². The fourth-order valence-corrected chi connectivity index (χ4v) is 3.06. The number of nitrogens with zero attached hydrogens (tertiary/aromatic N) is 3. The van der Waals surface area contributed by atoms with E-state index in [1.54, 1.807) is 18.2 Å². The highest BCUT2D eigenvalue weighted by Crippen LogP contribution is 2.29. The van der Waals surface area contributed by atoms with Crippen LogP contribution in [-0.2, 0) is 9.53 Å². The van der Waals surface area contributed by atoms with Crippen LogP contribution < -0.4 is 0 Å². The minimum Gasteiger partial charge on any atom is -0.457 e. The summed E-state index contributed by atoms with van der Waals surface area (Å²) < 4.78 is 10.8. The molecule has 0 N–H and O–H groups in total. The van der Waals surface area contributed by atoms with E-state index >= 15 is 0 Å². The first-order chi connectivity index (χ1) is 14.8. The molecule has 0 radical (unpaired) electrons. The van der Waals surface area contributed by atoms with Crippen LogP contribution in [0.2, 0.25) is 5.02 Å². The van der Waals surface area contributed by atoms with Gasteiger partial charge in [0, 0.05) is 35.9 Å². The molecule has 0 saturated heterocycles. The number of hydrogen-bond donors (Lipinski definition) is 0. The normalized spacial score (nSPS) is 14.4. The average Bonchev–Trinajstić information content (AvgIpc) is 3.35. The summed E-state index contributed by atoms with van der Waals surface area (Å²) in [6.07, 6.45) is 1.34. The highest BCUT2D eigenvalue weighted by molar-refractivity contribution is 6.34. The van der Waals surface area contributed by atoms with E-state index in [1.807, 2.05) is 0 Å². The topological polar surface area (TPSA) is 138 Å². The monoisotopic (exact) mass is 439 g/mol.